The molecule has 5 heteroatoms. The molecule has 0 aromatic carbocycles. The summed E-state index contributed by atoms with van der Waals surface area (Å²) in [5, 5.41) is 9.06. The van der Waals surface area contributed by atoms with Crippen LogP contribution in [-0.2, 0) is 9.59 Å². The quantitative estimate of drug-likeness (QED) is 0.731. The monoisotopic (exact) mass is 215 g/mol. The van der Waals surface area contributed by atoms with Gasteiger partial charge in [-0.2, -0.15) is 0 Å². The zero-order chi connectivity index (χ0) is 10.5. The molecule has 2 heterocycles. The molecule has 0 aromatic rings. The maximum absolute atomic E-state index is 11.8. The van der Waals surface area contributed by atoms with E-state index < -0.39 is 11.5 Å². The molecular formula is C9H13NO3S. The Morgan fingerprint density at radius 2 is 2.29 bits per heavy atom. The minimum atomic E-state index is -1.06. The summed E-state index contributed by atoms with van der Waals surface area (Å²) in [6.45, 7) is 3.19. The van der Waals surface area contributed by atoms with Gasteiger partial charge in [-0.3, -0.25) is 4.79 Å². The highest BCUT2D eigenvalue weighted by Crippen LogP contribution is 2.42. The van der Waals surface area contributed by atoms with Crippen LogP contribution < -0.4 is 0 Å². The summed E-state index contributed by atoms with van der Waals surface area (Å²) in [5.74, 6) is -0.0466. The van der Waals surface area contributed by atoms with Crippen molar-refractivity contribution in [1.82, 2.24) is 4.90 Å². The van der Waals surface area contributed by atoms with Crippen LogP contribution in [0, 0.1) is 0 Å². The normalized spacial score (nSPS) is 31.3. The topological polar surface area (TPSA) is 57.6 Å². The Labute approximate surface area is 86.6 Å². The third-order valence-corrected chi connectivity index (χ3v) is 4.35. The number of amides is 1. The number of carboxylic acid groups (broad SMARTS) is 1. The Morgan fingerprint density at radius 1 is 1.64 bits per heavy atom. The van der Waals surface area contributed by atoms with Gasteiger partial charge in [0.15, 0.2) is 0 Å². The molecule has 2 unspecified atom stereocenters. The number of thioether (sulfide) groups is 1. The summed E-state index contributed by atoms with van der Waals surface area (Å²) in [5.41, 5.74) is -1.06. The first kappa shape index (κ1) is 9.83. The van der Waals surface area contributed by atoms with Crippen LogP contribution in [0.1, 0.15) is 20.3 Å². The van der Waals surface area contributed by atoms with Gasteiger partial charge in [0.25, 0.3) is 0 Å². The number of hydrogen-bond donors (Lipinski definition) is 1. The standard InChI is InChI=1S/C9H13NO3S/c1-9(2,8(12)13)10-5-3-6(7(10)11)14-4-5/h5-6H,3-4H2,1-2H3,(H,12,13). The molecule has 2 bridgehead atoms. The van der Waals surface area contributed by atoms with E-state index in [-0.39, 0.29) is 17.2 Å². The van der Waals surface area contributed by atoms with Crippen LogP contribution in [-0.4, -0.2) is 44.5 Å². The van der Waals surface area contributed by atoms with Crippen LogP contribution in [0.25, 0.3) is 0 Å². The molecule has 14 heavy (non-hydrogen) atoms. The molecule has 2 fully saturated rings. The zero-order valence-corrected chi connectivity index (χ0v) is 9.00. The highest BCUT2D eigenvalue weighted by Gasteiger charge is 2.53. The van der Waals surface area contributed by atoms with Crippen molar-refractivity contribution in [2.75, 3.05) is 5.75 Å². The number of carbonyl (C=O) groups excluding carboxylic acids is 1. The maximum Gasteiger partial charge on any atom is 0.329 e. The van der Waals surface area contributed by atoms with Crippen LogP contribution in [0.3, 0.4) is 0 Å². The molecule has 2 rings (SSSR count). The fraction of sp³-hybridized carbons (Fsp3) is 0.778. The van der Waals surface area contributed by atoms with E-state index in [1.54, 1.807) is 30.5 Å². The van der Waals surface area contributed by atoms with E-state index in [9.17, 15) is 9.59 Å². The van der Waals surface area contributed by atoms with Crippen molar-refractivity contribution in [3.05, 3.63) is 0 Å². The molecule has 2 aliphatic rings. The van der Waals surface area contributed by atoms with Gasteiger partial charge in [-0.05, 0) is 20.3 Å². The number of fused-ring (bicyclic) bond motifs is 2. The lowest BCUT2D eigenvalue weighted by atomic mass is 10.0. The third kappa shape index (κ3) is 1.15. The van der Waals surface area contributed by atoms with E-state index in [4.69, 9.17) is 5.11 Å². The molecule has 0 aromatic heterocycles. The van der Waals surface area contributed by atoms with Gasteiger partial charge in [-0.1, -0.05) is 0 Å². The van der Waals surface area contributed by atoms with E-state index in [1.807, 2.05) is 0 Å². The predicted molar refractivity (Wildman–Crippen MR) is 53.2 cm³/mol. The third-order valence-electron chi connectivity index (χ3n) is 2.98. The van der Waals surface area contributed by atoms with Gasteiger partial charge in [-0.25, -0.2) is 4.79 Å². The molecule has 1 N–H and O–H groups in total. The number of nitrogens with zero attached hydrogens (tertiary/aromatic N) is 1. The van der Waals surface area contributed by atoms with E-state index in [0.717, 1.165) is 12.2 Å². The predicted octanol–water partition coefficient (Wildman–Crippen LogP) is 0.566. The van der Waals surface area contributed by atoms with Crippen LogP contribution in [0.2, 0.25) is 0 Å². The fourth-order valence-electron chi connectivity index (χ4n) is 2.13. The Hall–Kier alpha value is -0.710. The first-order valence-corrected chi connectivity index (χ1v) is 5.67. The number of carbonyl (C=O) groups is 2. The van der Waals surface area contributed by atoms with Crippen molar-refractivity contribution in [1.29, 1.82) is 0 Å². The van der Waals surface area contributed by atoms with Crippen LogP contribution in [0.5, 0.6) is 0 Å². The largest absolute Gasteiger partial charge is 0.480 e. The van der Waals surface area contributed by atoms with Gasteiger partial charge in [0.1, 0.15) is 5.54 Å². The first-order chi connectivity index (χ1) is 6.44. The summed E-state index contributed by atoms with van der Waals surface area (Å²) < 4.78 is 0. The summed E-state index contributed by atoms with van der Waals surface area (Å²) >= 11 is 1.65. The first-order valence-electron chi connectivity index (χ1n) is 4.63. The molecule has 0 aliphatic carbocycles. The fourth-order valence-corrected chi connectivity index (χ4v) is 3.49. The summed E-state index contributed by atoms with van der Waals surface area (Å²) in [6.07, 6.45) is 0.820. The van der Waals surface area contributed by atoms with Gasteiger partial charge in [-0.15, -0.1) is 11.8 Å². The Balaban J connectivity index is 2.27. The van der Waals surface area contributed by atoms with Gasteiger partial charge >= 0.3 is 5.97 Å². The molecule has 4 nitrogen and oxygen atoms in total. The lowest BCUT2D eigenvalue weighted by Gasteiger charge is -2.37. The van der Waals surface area contributed by atoms with E-state index >= 15 is 0 Å². The second kappa shape index (κ2) is 2.89. The van der Waals surface area contributed by atoms with Crippen molar-refractivity contribution < 1.29 is 14.7 Å². The maximum atomic E-state index is 11.8. The zero-order valence-electron chi connectivity index (χ0n) is 8.19. The van der Waals surface area contributed by atoms with Crippen molar-refractivity contribution in [2.24, 2.45) is 0 Å². The number of carboxylic acids is 1. The lowest BCUT2D eigenvalue weighted by molar-refractivity contribution is -0.156. The highest BCUT2D eigenvalue weighted by molar-refractivity contribution is 8.01. The average Bonchev–Trinajstić information content (AvgIpc) is 2.62. The molecule has 0 radical (unpaired) electrons. The molecular weight excluding hydrogens is 202 g/mol. The highest BCUT2D eigenvalue weighted by atomic mass is 32.2. The number of aliphatic carboxylic acids is 1. The smallest absolute Gasteiger partial charge is 0.329 e. The molecule has 2 atom stereocenters. The Kier molecular flexibility index (Phi) is 2.03. The molecule has 0 saturated carbocycles. The molecule has 0 spiro atoms. The second-order valence-corrected chi connectivity index (χ2v) is 5.52. The second-order valence-electron chi connectivity index (χ2n) is 4.28. The number of rotatable bonds is 2. The van der Waals surface area contributed by atoms with E-state index in [0.29, 0.717) is 0 Å². The van der Waals surface area contributed by atoms with Gasteiger partial charge in [0.05, 0.1) is 5.25 Å². The Bertz CT molecular complexity index is 302. The van der Waals surface area contributed by atoms with Crippen LogP contribution >= 0.6 is 11.8 Å². The summed E-state index contributed by atoms with van der Waals surface area (Å²) in [7, 11) is 0. The molecule has 1 amide bonds. The van der Waals surface area contributed by atoms with Gasteiger partial charge in [0, 0.05) is 11.8 Å². The Morgan fingerprint density at radius 3 is 2.71 bits per heavy atom. The van der Waals surface area contributed by atoms with Crippen molar-refractivity contribution >= 4 is 23.6 Å². The molecule has 2 aliphatic heterocycles. The SMILES string of the molecule is CC(C)(C(=O)O)N1C(=O)C2CC1CS2. The summed E-state index contributed by atoms with van der Waals surface area (Å²) in [4.78, 5) is 24.3. The summed E-state index contributed by atoms with van der Waals surface area (Å²) in [6, 6.07) is 0.128. The van der Waals surface area contributed by atoms with E-state index in [2.05, 4.69) is 0 Å². The van der Waals surface area contributed by atoms with Gasteiger partial charge < -0.3 is 10.0 Å². The van der Waals surface area contributed by atoms with E-state index in [1.165, 1.54) is 0 Å². The van der Waals surface area contributed by atoms with Crippen molar-refractivity contribution in [3.63, 3.8) is 0 Å². The average molecular weight is 215 g/mol. The van der Waals surface area contributed by atoms with Crippen LogP contribution in [0.4, 0.5) is 0 Å². The minimum Gasteiger partial charge on any atom is -0.480 e. The van der Waals surface area contributed by atoms with Crippen molar-refractivity contribution in [2.45, 2.75) is 37.1 Å². The minimum absolute atomic E-state index is 0.00125. The van der Waals surface area contributed by atoms with Crippen LogP contribution in [0.15, 0.2) is 0 Å². The van der Waals surface area contributed by atoms with Gasteiger partial charge in [0.2, 0.25) is 5.91 Å². The lowest BCUT2D eigenvalue weighted by Crippen LogP contribution is -2.56. The number of likely N-dealkylation sites (tertiary alicyclic amines) is 1. The molecule has 2 saturated heterocycles. The molecule has 78 valence electrons. The van der Waals surface area contributed by atoms with Crippen molar-refractivity contribution in [3.8, 4) is 0 Å². The number of hydrogen-bond acceptors (Lipinski definition) is 3.